The summed E-state index contributed by atoms with van der Waals surface area (Å²) in [5.74, 6) is 1.30. The zero-order chi connectivity index (χ0) is 16.4. The molecule has 1 aliphatic heterocycles. The van der Waals surface area contributed by atoms with Crippen LogP contribution in [0.4, 0.5) is 11.8 Å². The van der Waals surface area contributed by atoms with Gasteiger partial charge in [0.15, 0.2) is 0 Å². The van der Waals surface area contributed by atoms with Crippen LogP contribution in [0.2, 0.25) is 0 Å². The predicted octanol–water partition coefficient (Wildman–Crippen LogP) is 2.53. The van der Waals surface area contributed by atoms with E-state index in [4.69, 9.17) is 5.73 Å². The molecule has 0 amide bonds. The smallest absolute Gasteiger partial charge is 0.227 e. The number of nitrogen functional groups attached to an aromatic ring is 1. The first-order valence-corrected chi connectivity index (χ1v) is 8.33. The molecular weight excluding hydrogens is 298 g/mol. The van der Waals surface area contributed by atoms with E-state index in [2.05, 4.69) is 50.1 Å². The van der Waals surface area contributed by atoms with E-state index < -0.39 is 0 Å². The summed E-state index contributed by atoms with van der Waals surface area (Å²) >= 11 is 0. The monoisotopic (exact) mass is 319 g/mol. The van der Waals surface area contributed by atoms with Gasteiger partial charge in [0.25, 0.3) is 0 Å². The fraction of sp³-hybridized carbons (Fsp3) is 0.263. The molecule has 5 nitrogen and oxygen atoms in total. The van der Waals surface area contributed by atoms with Gasteiger partial charge < -0.3 is 10.6 Å². The summed E-state index contributed by atoms with van der Waals surface area (Å²) in [6, 6.07) is 18.5. The molecule has 2 aromatic carbocycles. The summed E-state index contributed by atoms with van der Waals surface area (Å²) in [4.78, 5) is 13.9. The maximum Gasteiger partial charge on any atom is 0.227 e. The second-order valence-electron chi connectivity index (χ2n) is 6.17. The Morgan fingerprint density at radius 2 is 1.54 bits per heavy atom. The molecule has 2 N–H and O–H groups in total. The van der Waals surface area contributed by atoms with E-state index in [1.54, 1.807) is 0 Å². The summed E-state index contributed by atoms with van der Waals surface area (Å²) < 4.78 is 0. The van der Waals surface area contributed by atoms with Crippen LogP contribution < -0.4 is 10.6 Å². The molecule has 1 saturated heterocycles. The zero-order valence-corrected chi connectivity index (χ0v) is 13.6. The van der Waals surface area contributed by atoms with Crippen LogP contribution in [-0.2, 0) is 6.54 Å². The van der Waals surface area contributed by atoms with Crippen molar-refractivity contribution in [2.24, 2.45) is 0 Å². The van der Waals surface area contributed by atoms with E-state index in [-0.39, 0.29) is 0 Å². The fourth-order valence-electron chi connectivity index (χ4n) is 3.18. The highest BCUT2D eigenvalue weighted by atomic mass is 15.3. The minimum absolute atomic E-state index is 0.558. The van der Waals surface area contributed by atoms with Crippen LogP contribution >= 0.6 is 0 Å². The van der Waals surface area contributed by atoms with Gasteiger partial charge >= 0.3 is 0 Å². The van der Waals surface area contributed by atoms with Crippen molar-refractivity contribution < 1.29 is 0 Å². The van der Waals surface area contributed by atoms with Gasteiger partial charge in [-0.1, -0.05) is 42.5 Å². The Morgan fingerprint density at radius 3 is 2.33 bits per heavy atom. The van der Waals surface area contributed by atoms with E-state index in [0.29, 0.717) is 5.82 Å². The summed E-state index contributed by atoms with van der Waals surface area (Å²) in [7, 11) is 0. The number of para-hydroxylation sites is 1. The van der Waals surface area contributed by atoms with Crippen molar-refractivity contribution in [3.8, 4) is 0 Å². The zero-order valence-electron chi connectivity index (χ0n) is 13.6. The first-order chi connectivity index (χ1) is 11.8. The number of aromatic nitrogens is 2. The van der Waals surface area contributed by atoms with Crippen LogP contribution in [0.5, 0.6) is 0 Å². The third-order valence-electron chi connectivity index (χ3n) is 4.53. The summed E-state index contributed by atoms with van der Waals surface area (Å²) in [5, 5.41) is 0.920. The highest BCUT2D eigenvalue weighted by molar-refractivity contribution is 5.88. The fourth-order valence-corrected chi connectivity index (χ4v) is 3.18. The number of hydrogen-bond acceptors (Lipinski definition) is 5. The molecule has 1 aromatic heterocycles. The van der Waals surface area contributed by atoms with Crippen molar-refractivity contribution in [1.29, 1.82) is 0 Å². The molecule has 1 aliphatic rings. The highest BCUT2D eigenvalue weighted by Gasteiger charge is 2.20. The van der Waals surface area contributed by atoms with Crippen LogP contribution in [0.1, 0.15) is 5.56 Å². The van der Waals surface area contributed by atoms with Crippen LogP contribution in [0.25, 0.3) is 10.9 Å². The molecule has 0 radical (unpaired) electrons. The van der Waals surface area contributed by atoms with Gasteiger partial charge in [0.05, 0.1) is 5.52 Å². The molecule has 0 spiro atoms. The lowest BCUT2D eigenvalue weighted by molar-refractivity contribution is 0.249. The number of piperazine rings is 1. The maximum atomic E-state index is 6.10. The molecule has 3 aromatic rings. The second-order valence-corrected chi connectivity index (χ2v) is 6.17. The average molecular weight is 319 g/mol. The first-order valence-electron chi connectivity index (χ1n) is 8.33. The molecule has 1 fully saturated rings. The van der Waals surface area contributed by atoms with Gasteiger partial charge in [-0.2, -0.15) is 4.98 Å². The Balaban J connectivity index is 1.46. The van der Waals surface area contributed by atoms with Gasteiger partial charge in [-0.25, -0.2) is 4.98 Å². The van der Waals surface area contributed by atoms with Gasteiger partial charge in [0.1, 0.15) is 5.82 Å². The van der Waals surface area contributed by atoms with Crippen molar-refractivity contribution in [2.45, 2.75) is 6.54 Å². The number of rotatable bonds is 3. The van der Waals surface area contributed by atoms with E-state index in [9.17, 15) is 0 Å². The number of fused-ring (bicyclic) bond motifs is 1. The standard InChI is InChI=1S/C19H21N5/c20-18-16-8-4-5-9-17(16)21-19(22-18)24-12-10-23(11-13-24)14-15-6-2-1-3-7-15/h1-9H,10-14H2,(H2,20,21,22). The molecule has 24 heavy (non-hydrogen) atoms. The lowest BCUT2D eigenvalue weighted by Crippen LogP contribution is -2.46. The lowest BCUT2D eigenvalue weighted by Gasteiger charge is -2.34. The van der Waals surface area contributed by atoms with E-state index in [1.807, 2.05) is 24.3 Å². The van der Waals surface area contributed by atoms with Crippen molar-refractivity contribution >= 4 is 22.7 Å². The Morgan fingerprint density at radius 1 is 0.833 bits per heavy atom. The average Bonchev–Trinajstić information content (AvgIpc) is 2.63. The predicted molar refractivity (Wildman–Crippen MR) is 97.9 cm³/mol. The van der Waals surface area contributed by atoms with E-state index in [0.717, 1.165) is 49.6 Å². The van der Waals surface area contributed by atoms with Crippen LogP contribution in [0, 0.1) is 0 Å². The molecule has 2 heterocycles. The molecule has 0 atom stereocenters. The van der Waals surface area contributed by atoms with Crippen LogP contribution in [0.15, 0.2) is 54.6 Å². The number of nitrogens with zero attached hydrogens (tertiary/aromatic N) is 4. The minimum atomic E-state index is 0.558. The van der Waals surface area contributed by atoms with Crippen molar-refractivity contribution in [1.82, 2.24) is 14.9 Å². The van der Waals surface area contributed by atoms with Crippen LogP contribution in [0.3, 0.4) is 0 Å². The topological polar surface area (TPSA) is 58.3 Å². The highest BCUT2D eigenvalue weighted by Crippen LogP contribution is 2.22. The van der Waals surface area contributed by atoms with Crippen molar-refractivity contribution in [3.63, 3.8) is 0 Å². The Kier molecular flexibility index (Phi) is 4.01. The molecular formula is C19H21N5. The van der Waals surface area contributed by atoms with Crippen molar-refractivity contribution in [2.75, 3.05) is 36.8 Å². The molecule has 0 saturated carbocycles. The Bertz CT molecular complexity index is 826. The number of nitrogens with two attached hydrogens (primary N) is 1. The Hall–Kier alpha value is -2.66. The van der Waals surface area contributed by atoms with Gasteiger partial charge in [-0.3, -0.25) is 4.90 Å². The number of anilines is 2. The van der Waals surface area contributed by atoms with Gasteiger partial charge in [0.2, 0.25) is 5.95 Å². The molecule has 4 rings (SSSR count). The molecule has 122 valence electrons. The summed E-state index contributed by atoms with van der Waals surface area (Å²) in [6.45, 7) is 4.85. The second kappa shape index (κ2) is 6.45. The van der Waals surface area contributed by atoms with Gasteiger partial charge in [-0.05, 0) is 17.7 Å². The molecule has 0 aliphatic carbocycles. The normalized spacial score (nSPS) is 15.8. The largest absolute Gasteiger partial charge is 0.383 e. The quantitative estimate of drug-likeness (QED) is 0.804. The lowest BCUT2D eigenvalue weighted by atomic mass is 10.2. The third-order valence-corrected chi connectivity index (χ3v) is 4.53. The molecule has 5 heteroatoms. The minimum Gasteiger partial charge on any atom is -0.383 e. The van der Waals surface area contributed by atoms with E-state index >= 15 is 0 Å². The third kappa shape index (κ3) is 3.03. The first kappa shape index (κ1) is 14.9. The maximum absolute atomic E-state index is 6.10. The number of hydrogen-bond donors (Lipinski definition) is 1. The number of benzene rings is 2. The van der Waals surface area contributed by atoms with Crippen LogP contribution in [-0.4, -0.2) is 41.0 Å². The van der Waals surface area contributed by atoms with Gasteiger partial charge in [-0.15, -0.1) is 0 Å². The van der Waals surface area contributed by atoms with Crippen molar-refractivity contribution in [3.05, 3.63) is 60.2 Å². The van der Waals surface area contributed by atoms with Gasteiger partial charge in [0, 0.05) is 38.1 Å². The molecule has 0 unspecified atom stereocenters. The van der Waals surface area contributed by atoms with E-state index in [1.165, 1.54) is 5.56 Å². The molecule has 0 bridgehead atoms. The SMILES string of the molecule is Nc1nc(N2CCN(Cc3ccccc3)CC2)nc2ccccc12. The Labute approximate surface area is 141 Å². The summed E-state index contributed by atoms with van der Waals surface area (Å²) in [5.41, 5.74) is 8.37. The summed E-state index contributed by atoms with van der Waals surface area (Å²) in [6.07, 6.45) is 0.